The molecule has 0 aliphatic carbocycles. The summed E-state index contributed by atoms with van der Waals surface area (Å²) in [5.74, 6) is 1.58. The Balaban J connectivity index is 1.87. The molecule has 134 valence electrons. The highest BCUT2D eigenvalue weighted by atomic mass is 16.5. The molecule has 2 aliphatic rings. The minimum atomic E-state index is -0.240. The fourth-order valence-corrected chi connectivity index (χ4v) is 3.65. The summed E-state index contributed by atoms with van der Waals surface area (Å²) in [4.78, 5) is 22.0. The summed E-state index contributed by atoms with van der Waals surface area (Å²) in [7, 11) is 0. The molecule has 1 unspecified atom stereocenters. The van der Waals surface area contributed by atoms with E-state index in [2.05, 4.69) is 28.8 Å². The first-order valence-electron chi connectivity index (χ1n) is 8.91. The number of hydrogen-bond acceptors (Lipinski definition) is 5. The molecule has 7 heteroatoms. The lowest BCUT2D eigenvalue weighted by atomic mass is 9.96. The number of likely N-dealkylation sites (tertiary alicyclic amines) is 1. The van der Waals surface area contributed by atoms with Gasteiger partial charge in [-0.25, -0.2) is 9.78 Å². The molecule has 2 saturated heterocycles. The van der Waals surface area contributed by atoms with Crippen LogP contribution in [0, 0.1) is 6.92 Å². The molecule has 3 rings (SSSR count). The molecule has 1 spiro atoms. The van der Waals surface area contributed by atoms with Gasteiger partial charge in [-0.05, 0) is 27.2 Å². The van der Waals surface area contributed by atoms with Crippen molar-refractivity contribution in [1.29, 1.82) is 0 Å². The molecule has 2 fully saturated rings. The van der Waals surface area contributed by atoms with E-state index < -0.39 is 0 Å². The van der Waals surface area contributed by atoms with Crippen molar-refractivity contribution < 1.29 is 9.53 Å². The van der Waals surface area contributed by atoms with E-state index in [0.717, 1.165) is 25.3 Å². The highest BCUT2D eigenvalue weighted by Crippen LogP contribution is 2.32. The standard InChI is InChI=1S/C17H29N5O2/c1-12(2)15-18-14(5)22(19-15)16(23)21-8-9-24-11-17(21)6-7-20(10-17)13(3)4/h12-13H,6-11H2,1-5H3. The Labute approximate surface area is 144 Å². The number of ether oxygens (including phenoxy) is 1. The third kappa shape index (κ3) is 2.95. The zero-order valence-electron chi connectivity index (χ0n) is 15.4. The van der Waals surface area contributed by atoms with Crippen LogP contribution in [0.15, 0.2) is 0 Å². The van der Waals surface area contributed by atoms with Crippen LogP contribution in [-0.2, 0) is 4.74 Å². The molecule has 1 aromatic heterocycles. The largest absolute Gasteiger partial charge is 0.377 e. The summed E-state index contributed by atoms with van der Waals surface area (Å²) in [5, 5.41) is 4.45. The Bertz CT molecular complexity index is 612. The number of nitrogens with zero attached hydrogens (tertiary/aromatic N) is 5. The number of carbonyl (C=O) groups is 1. The van der Waals surface area contributed by atoms with Crippen molar-refractivity contribution in [1.82, 2.24) is 24.6 Å². The summed E-state index contributed by atoms with van der Waals surface area (Å²) >= 11 is 0. The van der Waals surface area contributed by atoms with E-state index in [4.69, 9.17) is 4.74 Å². The maximum absolute atomic E-state index is 13.2. The van der Waals surface area contributed by atoms with Gasteiger partial charge in [-0.1, -0.05) is 13.8 Å². The van der Waals surface area contributed by atoms with Gasteiger partial charge in [0, 0.05) is 31.6 Å². The van der Waals surface area contributed by atoms with E-state index in [1.165, 1.54) is 4.68 Å². The fraction of sp³-hybridized carbons (Fsp3) is 0.824. The summed E-state index contributed by atoms with van der Waals surface area (Å²) in [6, 6.07) is 0.407. The molecule has 0 saturated carbocycles. The zero-order valence-corrected chi connectivity index (χ0v) is 15.4. The third-order valence-corrected chi connectivity index (χ3v) is 5.21. The molecular formula is C17H29N5O2. The number of aromatic nitrogens is 3. The first-order chi connectivity index (χ1) is 11.3. The topological polar surface area (TPSA) is 63.5 Å². The highest BCUT2D eigenvalue weighted by Gasteiger charge is 2.48. The molecule has 7 nitrogen and oxygen atoms in total. The average molecular weight is 335 g/mol. The molecule has 1 aromatic rings. The molecule has 2 aliphatic heterocycles. The van der Waals surface area contributed by atoms with Gasteiger partial charge >= 0.3 is 6.03 Å². The van der Waals surface area contributed by atoms with Crippen molar-refractivity contribution in [3.63, 3.8) is 0 Å². The van der Waals surface area contributed by atoms with Gasteiger partial charge in [0.2, 0.25) is 0 Å². The predicted molar refractivity (Wildman–Crippen MR) is 91.2 cm³/mol. The molecule has 0 aromatic carbocycles. The molecule has 1 atom stereocenters. The maximum Gasteiger partial charge on any atom is 0.347 e. The van der Waals surface area contributed by atoms with Crippen LogP contribution >= 0.6 is 0 Å². The normalized spacial score (nSPS) is 25.4. The second-order valence-corrected chi connectivity index (χ2v) is 7.61. The zero-order chi connectivity index (χ0) is 17.5. The van der Waals surface area contributed by atoms with Gasteiger partial charge in [-0.2, -0.15) is 4.68 Å². The summed E-state index contributed by atoms with van der Waals surface area (Å²) in [5.41, 5.74) is -0.240. The highest BCUT2D eigenvalue weighted by molar-refractivity contribution is 5.77. The number of morpholine rings is 1. The molecule has 1 amide bonds. The van der Waals surface area contributed by atoms with Gasteiger partial charge in [0.25, 0.3) is 0 Å². The quantitative estimate of drug-likeness (QED) is 0.825. The van der Waals surface area contributed by atoms with Crippen LogP contribution in [0.1, 0.15) is 51.7 Å². The van der Waals surface area contributed by atoms with Crippen molar-refractivity contribution in [2.75, 3.05) is 32.8 Å². The maximum atomic E-state index is 13.2. The lowest BCUT2D eigenvalue weighted by molar-refractivity contribution is -0.0417. The number of rotatable bonds is 2. The minimum Gasteiger partial charge on any atom is -0.377 e. The van der Waals surface area contributed by atoms with Crippen molar-refractivity contribution >= 4 is 6.03 Å². The second-order valence-electron chi connectivity index (χ2n) is 7.61. The van der Waals surface area contributed by atoms with Gasteiger partial charge in [0.15, 0.2) is 5.82 Å². The monoisotopic (exact) mass is 335 g/mol. The van der Waals surface area contributed by atoms with Crippen LogP contribution in [0.3, 0.4) is 0 Å². The smallest absolute Gasteiger partial charge is 0.347 e. The molecular weight excluding hydrogens is 306 g/mol. The van der Waals surface area contributed by atoms with Crippen molar-refractivity contribution in [2.45, 2.75) is 58.5 Å². The van der Waals surface area contributed by atoms with Gasteiger partial charge in [0.05, 0.1) is 18.8 Å². The van der Waals surface area contributed by atoms with Gasteiger partial charge < -0.3 is 9.64 Å². The van der Waals surface area contributed by atoms with Crippen LogP contribution in [0.4, 0.5) is 4.79 Å². The van der Waals surface area contributed by atoms with Crippen LogP contribution in [0.25, 0.3) is 0 Å². The van der Waals surface area contributed by atoms with Gasteiger partial charge in [-0.3, -0.25) is 4.90 Å². The Morgan fingerprint density at radius 1 is 1.25 bits per heavy atom. The van der Waals surface area contributed by atoms with Gasteiger partial charge in [-0.15, -0.1) is 5.10 Å². The first kappa shape index (κ1) is 17.4. The number of aryl methyl sites for hydroxylation is 1. The van der Waals surface area contributed by atoms with Crippen LogP contribution < -0.4 is 0 Å². The van der Waals surface area contributed by atoms with E-state index in [1.54, 1.807) is 0 Å². The van der Waals surface area contributed by atoms with E-state index >= 15 is 0 Å². The summed E-state index contributed by atoms with van der Waals surface area (Å²) < 4.78 is 7.23. The summed E-state index contributed by atoms with van der Waals surface area (Å²) in [6.45, 7) is 14.0. The van der Waals surface area contributed by atoms with E-state index in [9.17, 15) is 4.79 Å². The van der Waals surface area contributed by atoms with Crippen LogP contribution in [0.2, 0.25) is 0 Å². The van der Waals surface area contributed by atoms with E-state index in [-0.39, 0.29) is 17.5 Å². The molecule has 0 N–H and O–H groups in total. The average Bonchev–Trinajstić information content (AvgIpc) is 3.12. The Hall–Kier alpha value is -1.47. The Kier molecular flexibility index (Phi) is 4.66. The van der Waals surface area contributed by atoms with Gasteiger partial charge in [0.1, 0.15) is 5.82 Å². The number of hydrogen-bond donors (Lipinski definition) is 0. The Morgan fingerprint density at radius 2 is 2.00 bits per heavy atom. The third-order valence-electron chi connectivity index (χ3n) is 5.21. The Morgan fingerprint density at radius 3 is 2.58 bits per heavy atom. The van der Waals surface area contributed by atoms with Crippen molar-refractivity contribution in [2.24, 2.45) is 0 Å². The molecule has 0 radical (unpaired) electrons. The molecule has 24 heavy (non-hydrogen) atoms. The van der Waals surface area contributed by atoms with E-state index in [0.29, 0.717) is 31.6 Å². The molecule has 3 heterocycles. The second kappa shape index (κ2) is 6.44. The lowest BCUT2D eigenvalue weighted by Gasteiger charge is -2.44. The number of amides is 1. The van der Waals surface area contributed by atoms with Crippen LogP contribution in [0.5, 0.6) is 0 Å². The SMILES string of the molecule is Cc1nc(C(C)C)nn1C(=O)N1CCOCC12CCN(C(C)C)C2. The van der Waals surface area contributed by atoms with Crippen molar-refractivity contribution in [3.05, 3.63) is 11.6 Å². The minimum absolute atomic E-state index is 0.0687. The summed E-state index contributed by atoms with van der Waals surface area (Å²) in [6.07, 6.45) is 0.946. The van der Waals surface area contributed by atoms with E-state index in [1.807, 2.05) is 25.7 Å². The number of carbonyl (C=O) groups excluding carboxylic acids is 1. The predicted octanol–water partition coefficient (Wildman–Crippen LogP) is 1.86. The van der Waals surface area contributed by atoms with Crippen molar-refractivity contribution in [3.8, 4) is 0 Å². The van der Waals surface area contributed by atoms with Crippen LogP contribution in [-0.4, -0.2) is 75.0 Å². The fourth-order valence-electron chi connectivity index (χ4n) is 3.65. The molecule has 0 bridgehead atoms. The lowest BCUT2D eigenvalue weighted by Crippen LogP contribution is -2.61. The first-order valence-corrected chi connectivity index (χ1v) is 8.91.